The van der Waals surface area contributed by atoms with Crippen LogP contribution in [0.3, 0.4) is 0 Å². The van der Waals surface area contributed by atoms with Gasteiger partial charge in [-0.2, -0.15) is 0 Å². The molecule has 19 heavy (non-hydrogen) atoms. The van der Waals surface area contributed by atoms with Gasteiger partial charge in [0.15, 0.2) is 0 Å². The van der Waals surface area contributed by atoms with Gasteiger partial charge in [0, 0.05) is 11.0 Å². The third-order valence-corrected chi connectivity index (χ3v) is 3.72. The summed E-state index contributed by atoms with van der Waals surface area (Å²) in [6, 6.07) is 13.0. The van der Waals surface area contributed by atoms with Gasteiger partial charge in [0.25, 0.3) is 0 Å². The van der Waals surface area contributed by atoms with Crippen molar-refractivity contribution in [3.63, 3.8) is 0 Å². The zero-order valence-corrected chi connectivity index (χ0v) is 12.6. The first-order chi connectivity index (χ1) is 9.16. The summed E-state index contributed by atoms with van der Waals surface area (Å²) in [6.07, 6.45) is 1.99. The molecule has 0 unspecified atom stereocenters. The van der Waals surface area contributed by atoms with Crippen LogP contribution in [0.25, 0.3) is 0 Å². The van der Waals surface area contributed by atoms with Crippen molar-refractivity contribution in [1.29, 1.82) is 0 Å². The fourth-order valence-electron chi connectivity index (χ4n) is 1.86. The van der Waals surface area contributed by atoms with E-state index in [2.05, 4.69) is 33.4 Å². The molecule has 2 aromatic carbocycles. The van der Waals surface area contributed by atoms with E-state index in [1.165, 1.54) is 17.7 Å². The Morgan fingerprint density at radius 1 is 1.16 bits per heavy atom. The van der Waals surface area contributed by atoms with E-state index in [-0.39, 0.29) is 5.82 Å². The van der Waals surface area contributed by atoms with Gasteiger partial charge in [-0.1, -0.05) is 41.9 Å². The molecule has 0 aliphatic heterocycles. The van der Waals surface area contributed by atoms with Gasteiger partial charge in [-0.3, -0.25) is 0 Å². The molecule has 0 aromatic heterocycles. The lowest BCUT2D eigenvalue weighted by Crippen LogP contribution is -2.04. The quantitative estimate of drug-likeness (QED) is 0.728. The fourth-order valence-corrected chi connectivity index (χ4v) is 2.82. The van der Waals surface area contributed by atoms with Gasteiger partial charge in [0.05, 0.1) is 10.7 Å². The zero-order valence-electron chi connectivity index (χ0n) is 10.3. The van der Waals surface area contributed by atoms with Gasteiger partial charge in [-0.05, 0) is 46.5 Å². The van der Waals surface area contributed by atoms with E-state index >= 15 is 0 Å². The number of hydrogen-bond donors (Lipinski definition) is 1. The Morgan fingerprint density at radius 3 is 2.58 bits per heavy atom. The fraction of sp³-hybridized carbons (Fsp3) is 0.200. The van der Waals surface area contributed by atoms with Crippen LogP contribution in [0.1, 0.15) is 12.0 Å². The monoisotopic (exact) mass is 341 g/mol. The van der Waals surface area contributed by atoms with Crippen molar-refractivity contribution in [1.82, 2.24) is 0 Å². The lowest BCUT2D eigenvalue weighted by molar-refractivity contribution is 0.627. The molecule has 0 aliphatic rings. The lowest BCUT2D eigenvalue weighted by atomic mass is 10.1. The van der Waals surface area contributed by atoms with Gasteiger partial charge in [-0.15, -0.1) is 0 Å². The predicted octanol–water partition coefficient (Wildman–Crippen LogP) is 5.29. The highest BCUT2D eigenvalue weighted by molar-refractivity contribution is 9.10. The molecular weight excluding hydrogens is 329 g/mol. The maximum atomic E-state index is 13.1. The third kappa shape index (κ3) is 4.22. The van der Waals surface area contributed by atoms with E-state index in [1.54, 1.807) is 0 Å². The Hall–Kier alpha value is -1.06. The molecule has 0 fully saturated rings. The van der Waals surface area contributed by atoms with Gasteiger partial charge in [0.2, 0.25) is 0 Å². The van der Waals surface area contributed by atoms with Crippen LogP contribution < -0.4 is 5.32 Å². The van der Waals surface area contributed by atoms with Gasteiger partial charge in [-0.25, -0.2) is 4.39 Å². The number of benzene rings is 2. The summed E-state index contributed by atoms with van der Waals surface area (Å²) in [5.41, 5.74) is 2.06. The second-order valence-electron chi connectivity index (χ2n) is 4.26. The highest BCUT2D eigenvalue weighted by Gasteiger charge is 2.07. The highest BCUT2D eigenvalue weighted by atomic mass is 79.9. The van der Waals surface area contributed by atoms with Crippen LogP contribution in [0, 0.1) is 5.82 Å². The number of aryl methyl sites for hydroxylation is 1. The van der Waals surface area contributed by atoms with E-state index < -0.39 is 0 Å². The predicted molar refractivity (Wildman–Crippen MR) is 82.4 cm³/mol. The Balaban J connectivity index is 1.86. The third-order valence-electron chi connectivity index (χ3n) is 2.79. The summed E-state index contributed by atoms with van der Waals surface area (Å²) in [5, 5.41) is 3.63. The van der Waals surface area contributed by atoms with Crippen LogP contribution in [-0.4, -0.2) is 6.54 Å². The Morgan fingerprint density at radius 2 is 1.89 bits per heavy atom. The Bertz CT molecular complexity index is 522. The average molecular weight is 343 g/mol. The molecule has 0 radical (unpaired) electrons. The lowest BCUT2D eigenvalue weighted by Gasteiger charge is -2.10. The molecule has 100 valence electrons. The molecule has 1 nitrogen and oxygen atoms in total. The molecule has 0 saturated carbocycles. The topological polar surface area (TPSA) is 12.0 Å². The minimum absolute atomic E-state index is 0.341. The minimum atomic E-state index is -0.341. The van der Waals surface area contributed by atoms with Crippen LogP contribution in [0.5, 0.6) is 0 Å². The largest absolute Gasteiger partial charge is 0.383 e. The van der Waals surface area contributed by atoms with Crippen LogP contribution in [0.4, 0.5) is 10.1 Å². The van der Waals surface area contributed by atoms with Crippen LogP contribution in [-0.2, 0) is 6.42 Å². The zero-order chi connectivity index (χ0) is 13.7. The smallest absolute Gasteiger partial charge is 0.125 e. The van der Waals surface area contributed by atoms with E-state index in [9.17, 15) is 4.39 Å². The molecule has 0 aliphatic carbocycles. The molecule has 2 rings (SSSR count). The molecule has 4 heteroatoms. The standard InChI is InChI=1S/C15H14BrClFN/c16-13-9-12(18)10-14(17)15(13)19-8-4-7-11-5-2-1-3-6-11/h1-3,5-6,9-10,19H,4,7-8H2. The van der Waals surface area contributed by atoms with Gasteiger partial charge >= 0.3 is 0 Å². The highest BCUT2D eigenvalue weighted by Crippen LogP contribution is 2.31. The molecule has 0 atom stereocenters. The van der Waals surface area contributed by atoms with Crippen LogP contribution >= 0.6 is 27.5 Å². The van der Waals surface area contributed by atoms with Crippen molar-refractivity contribution in [2.45, 2.75) is 12.8 Å². The maximum Gasteiger partial charge on any atom is 0.125 e. The minimum Gasteiger partial charge on any atom is -0.383 e. The summed E-state index contributed by atoms with van der Waals surface area (Å²) in [7, 11) is 0. The molecule has 1 N–H and O–H groups in total. The second kappa shape index (κ2) is 6.92. The Labute approximate surface area is 125 Å². The molecular formula is C15H14BrClFN. The molecule has 0 amide bonds. The molecule has 0 spiro atoms. The summed E-state index contributed by atoms with van der Waals surface area (Å²) >= 11 is 9.31. The van der Waals surface area contributed by atoms with Crippen molar-refractivity contribution in [3.8, 4) is 0 Å². The van der Waals surface area contributed by atoms with Crippen molar-refractivity contribution < 1.29 is 4.39 Å². The number of hydrogen-bond acceptors (Lipinski definition) is 1. The average Bonchev–Trinajstić information content (AvgIpc) is 2.38. The summed E-state index contributed by atoms with van der Waals surface area (Å²) < 4.78 is 13.7. The normalized spacial score (nSPS) is 10.5. The SMILES string of the molecule is Fc1cc(Cl)c(NCCCc2ccccc2)c(Br)c1. The summed E-state index contributed by atoms with van der Waals surface area (Å²) in [6.45, 7) is 0.791. The van der Waals surface area contributed by atoms with Crippen LogP contribution in [0.15, 0.2) is 46.9 Å². The van der Waals surface area contributed by atoms with Crippen molar-refractivity contribution in [3.05, 3.63) is 63.3 Å². The first-order valence-electron chi connectivity index (χ1n) is 6.09. The number of halogens is 3. The molecule has 2 aromatic rings. The van der Waals surface area contributed by atoms with Crippen LogP contribution in [0.2, 0.25) is 5.02 Å². The van der Waals surface area contributed by atoms with Gasteiger partial charge in [0.1, 0.15) is 5.82 Å². The van der Waals surface area contributed by atoms with Gasteiger partial charge < -0.3 is 5.32 Å². The number of anilines is 1. The van der Waals surface area contributed by atoms with Crippen molar-refractivity contribution in [2.24, 2.45) is 0 Å². The first-order valence-corrected chi connectivity index (χ1v) is 7.26. The van der Waals surface area contributed by atoms with Crippen molar-refractivity contribution >= 4 is 33.2 Å². The summed E-state index contributed by atoms with van der Waals surface area (Å²) in [4.78, 5) is 0. The Kier molecular flexibility index (Phi) is 5.23. The molecule has 0 heterocycles. The number of nitrogens with one attached hydrogen (secondary N) is 1. The first kappa shape index (κ1) is 14.4. The summed E-state index contributed by atoms with van der Waals surface area (Å²) in [5.74, 6) is -0.341. The molecule has 0 saturated heterocycles. The maximum absolute atomic E-state index is 13.1. The van der Waals surface area contributed by atoms with E-state index in [1.807, 2.05) is 18.2 Å². The van der Waals surface area contributed by atoms with E-state index in [0.29, 0.717) is 9.50 Å². The molecule has 0 bridgehead atoms. The second-order valence-corrected chi connectivity index (χ2v) is 5.52. The van der Waals surface area contributed by atoms with Crippen molar-refractivity contribution in [2.75, 3.05) is 11.9 Å². The van der Waals surface area contributed by atoms with E-state index in [0.717, 1.165) is 25.1 Å². The van der Waals surface area contributed by atoms with E-state index in [4.69, 9.17) is 11.6 Å². The number of rotatable bonds is 5.